The molecule has 0 saturated heterocycles. The second kappa shape index (κ2) is 5.86. The van der Waals surface area contributed by atoms with Gasteiger partial charge in [-0.2, -0.15) is 5.26 Å². The van der Waals surface area contributed by atoms with E-state index >= 15 is 0 Å². The molecule has 0 aliphatic carbocycles. The van der Waals surface area contributed by atoms with Crippen molar-refractivity contribution in [1.82, 2.24) is 5.32 Å². The van der Waals surface area contributed by atoms with Crippen LogP contribution in [0, 0.1) is 22.2 Å². The second-order valence-corrected chi connectivity index (χ2v) is 5.52. The highest BCUT2D eigenvalue weighted by atomic mass is 16.1. The molecule has 92 valence electrons. The molecule has 3 N–H and O–H groups in total. The number of hydrogen-bond acceptors (Lipinski definition) is 3. The fourth-order valence-corrected chi connectivity index (χ4v) is 1.20. The van der Waals surface area contributed by atoms with E-state index in [0.29, 0.717) is 6.54 Å². The SMILES string of the molecule is CC(C)(C#N)CCCNCC(C)(C)C(N)=O. The molecule has 0 aromatic rings. The zero-order chi connectivity index (χ0) is 12.8. The maximum absolute atomic E-state index is 11.0. The monoisotopic (exact) mass is 225 g/mol. The van der Waals surface area contributed by atoms with Crippen LogP contribution in [-0.2, 0) is 4.79 Å². The second-order valence-electron chi connectivity index (χ2n) is 5.52. The van der Waals surface area contributed by atoms with Gasteiger partial charge in [0.1, 0.15) is 0 Å². The standard InChI is InChI=1S/C12H23N3O/c1-11(2,8-13)6-5-7-15-9-12(3,4)10(14)16/h15H,5-7,9H2,1-4H3,(H2,14,16). The van der Waals surface area contributed by atoms with Gasteiger partial charge in [0.15, 0.2) is 0 Å². The zero-order valence-corrected chi connectivity index (χ0v) is 10.8. The number of nitrogens with zero attached hydrogens (tertiary/aromatic N) is 1. The molecule has 0 aliphatic rings. The van der Waals surface area contributed by atoms with Gasteiger partial charge in [0, 0.05) is 6.54 Å². The first-order chi connectivity index (χ1) is 7.21. The van der Waals surface area contributed by atoms with Crippen LogP contribution in [0.1, 0.15) is 40.5 Å². The van der Waals surface area contributed by atoms with Crippen molar-refractivity contribution in [1.29, 1.82) is 5.26 Å². The molecule has 0 bridgehead atoms. The molecule has 0 aliphatic heterocycles. The number of nitrogens with one attached hydrogen (secondary N) is 1. The Hall–Kier alpha value is -1.08. The summed E-state index contributed by atoms with van der Waals surface area (Å²) in [4.78, 5) is 11.0. The molecule has 4 nitrogen and oxygen atoms in total. The van der Waals surface area contributed by atoms with Crippen LogP contribution in [0.25, 0.3) is 0 Å². The molecule has 16 heavy (non-hydrogen) atoms. The summed E-state index contributed by atoms with van der Waals surface area (Å²) in [6.07, 6.45) is 1.78. The van der Waals surface area contributed by atoms with Gasteiger partial charge in [-0.25, -0.2) is 0 Å². The Morgan fingerprint density at radius 1 is 1.38 bits per heavy atom. The quantitative estimate of drug-likeness (QED) is 0.643. The van der Waals surface area contributed by atoms with Gasteiger partial charge in [-0.15, -0.1) is 0 Å². The number of amides is 1. The van der Waals surface area contributed by atoms with Crippen LogP contribution in [0.15, 0.2) is 0 Å². The first kappa shape index (κ1) is 14.9. The van der Waals surface area contributed by atoms with Crippen molar-refractivity contribution in [3.8, 4) is 6.07 Å². The topological polar surface area (TPSA) is 78.9 Å². The van der Waals surface area contributed by atoms with E-state index in [1.54, 1.807) is 0 Å². The Labute approximate surface area is 98.2 Å². The first-order valence-corrected chi connectivity index (χ1v) is 5.63. The van der Waals surface area contributed by atoms with Gasteiger partial charge in [-0.3, -0.25) is 4.79 Å². The minimum Gasteiger partial charge on any atom is -0.369 e. The zero-order valence-electron chi connectivity index (χ0n) is 10.8. The minimum absolute atomic E-state index is 0.263. The number of carbonyl (C=O) groups excluding carboxylic acids is 1. The molecule has 0 atom stereocenters. The highest BCUT2D eigenvalue weighted by Crippen LogP contribution is 2.20. The van der Waals surface area contributed by atoms with Crippen LogP contribution in [-0.4, -0.2) is 19.0 Å². The maximum Gasteiger partial charge on any atom is 0.224 e. The summed E-state index contributed by atoms with van der Waals surface area (Å²) < 4.78 is 0. The van der Waals surface area contributed by atoms with Gasteiger partial charge >= 0.3 is 0 Å². The van der Waals surface area contributed by atoms with Gasteiger partial charge in [0.25, 0.3) is 0 Å². The fraction of sp³-hybridized carbons (Fsp3) is 0.833. The van der Waals surface area contributed by atoms with E-state index < -0.39 is 5.41 Å². The van der Waals surface area contributed by atoms with E-state index in [1.165, 1.54) is 0 Å². The minimum atomic E-state index is -0.509. The summed E-state index contributed by atoms with van der Waals surface area (Å²) in [6.45, 7) is 8.89. The van der Waals surface area contributed by atoms with Crippen molar-refractivity contribution in [3.63, 3.8) is 0 Å². The maximum atomic E-state index is 11.0. The molecule has 0 aromatic heterocycles. The van der Waals surface area contributed by atoms with E-state index in [1.807, 2.05) is 27.7 Å². The predicted octanol–water partition coefficient (Wildman–Crippen LogP) is 1.42. The summed E-state index contributed by atoms with van der Waals surface area (Å²) in [5, 5.41) is 12.0. The molecule has 0 radical (unpaired) electrons. The highest BCUT2D eigenvalue weighted by molar-refractivity contribution is 5.80. The van der Waals surface area contributed by atoms with E-state index in [4.69, 9.17) is 11.0 Å². The largest absolute Gasteiger partial charge is 0.369 e. The Balaban J connectivity index is 3.71. The summed E-state index contributed by atoms with van der Waals surface area (Å²) >= 11 is 0. The Morgan fingerprint density at radius 3 is 2.38 bits per heavy atom. The molecule has 0 rings (SSSR count). The number of hydrogen-bond donors (Lipinski definition) is 2. The lowest BCUT2D eigenvalue weighted by atomic mass is 9.89. The molecule has 0 unspecified atom stereocenters. The summed E-state index contributed by atoms with van der Waals surface area (Å²) in [6, 6.07) is 2.26. The Bertz CT molecular complexity index is 276. The Morgan fingerprint density at radius 2 is 1.94 bits per heavy atom. The molecule has 0 saturated carbocycles. The lowest BCUT2D eigenvalue weighted by Gasteiger charge is -2.21. The first-order valence-electron chi connectivity index (χ1n) is 5.63. The third-order valence-electron chi connectivity index (χ3n) is 2.69. The number of primary amides is 1. The molecule has 0 spiro atoms. The molecule has 0 aromatic carbocycles. The van der Waals surface area contributed by atoms with E-state index in [2.05, 4.69) is 11.4 Å². The molecular weight excluding hydrogens is 202 g/mol. The van der Waals surface area contributed by atoms with Crippen LogP contribution in [0.5, 0.6) is 0 Å². The highest BCUT2D eigenvalue weighted by Gasteiger charge is 2.24. The number of rotatable bonds is 7. The van der Waals surface area contributed by atoms with E-state index in [9.17, 15) is 4.79 Å². The van der Waals surface area contributed by atoms with Gasteiger partial charge < -0.3 is 11.1 Å². The fourth-order valence-electron chi connectivity index (χ4n) is 1.20. The van der Waals surface area contributed by atoms with Gasteiger partial charge in [0.05, 0.1) is 16.9 Å². The molecule has 0 fully saturated rings. The van der Waals surface area contributed by atoms with Crippen LogP contribution in [0.3, 0.4) is 0 Å². The Kier molecular flexibility index (Phi) is 5.46. The van der Waals surface area contributed by atoms with Crippen LogP contribution in [0.4, 0.5) is 0 Å². The lowest BCUT2D eigenvalue weighted by Crippen LogP contribution is -2.40. The van der Waals surface area contributed by atoms with Crippen molar-refractivity contribution in [2.45, 2.75) is 40.5 Å². The molecule has 4 heteroatoms. The van der Waals surface area contributed by atoms with Crippen molar-refractivity contribution in [2.75, 3.05) is 13.1 Å². The predicted molar refractivity (Wildman–Crippen MR) is 64.5 cm³/mol. The average Bonchev–Trinajstić information content (AvgIpc) is 2.16. The van der Waals surface area contributed by atoms with E-state index in [-0.39, 0.29) is 11.3 Å². The molecule has 0 heterocycles. The normalized spacial score (nSPS) is 12.2. The summed E-state index contributed by atoms with van der Waals surface area (Å²) in [7, 11) is 0. The van der Waals surface area contributed by atoms with Crippen LogP contribution >= 0.6 is 0 Å². The summed E-state index contributed by atoms with van der Waals surface area (Å²) in [5.41, 5.74) is 4.48. The van der Waals surface area contributed by atoms with Crippen molar-refractivity contribution < 1.29 is 4.79 Å². The lowest BCUT2D eigenvalue weighted by molar-refractivity contribution is -0.125. The molecular formula is C12H23N3O. The smallest absolute Gasteiger partial charge is 0.224 e. The number of carbonyl (C=O) groups is 1. The van der Waals surface area contributed by atoms with Gasteiger partial charge in [-0.05, 0) is 47.1 Å². The van der Waals surface area contributed by atoms with Crippen LogP contribution < -0.4 is 11.1 Å². The van der Waals surface area contributed by atoms with Crippen molar-refractivity contribution >= 4 is 5.91 Å². The van der Waals surface area contributed by atoms with Gasteiger partial charge in [0.2, 0.25) is 5.91 Å². The summed E-state index contributed by atoms with van der Waals surface area (Å²) in [5.74, 6) is -0.294. The van der Waals surface area contributed by atoms with Crippen molar-refractivity contribution in [3.05, 3.63) is 0 Å². The molecule has 1 amide bonds. The van der Waals surface area contributed by atoms with Crippen LogP contribution in [0.2, 0.25) is 0 Å². The number of nitrogens with two attached hydrogens (primary N) is 1. The third-order valence-corrected chi connectivity index (χ3v) is 2.69. The van der Waals surface area contributed by atoms with Crippen molar-refractivity contribution in [2.24, 2.45) is 16.6 Å². The average molecular weight is 225 g/mol. The van der Waals surface area contributed by atoms with Gasteiger partial charge in [-0.1, -0.05) is 0 Å². The van der Waals surface area contributed by atoms with E-state index in [0.717, 1.165) is 19.4 Å². The third kappa shape index (κ3) is 5.72. The number of nitriles is 1.